The van der Waals surface area contributed by atoms with E-state index in [1.807, 2.05) is 6.92 Å². The molecule has 0 amide bonds. The smallest absolute Gasteiger partial charge is 0.304 e. The van der Waals surface area contributed by atoms with Crippen molar-refractivity contribution in [3.05, 3.63) is 22.7 Å². The Morgan fingerprint density at radius 1 is 1.62 bits per heavy atom. The predicted molar refractivity (Wildman–Crippen MR) is 61.8 cm³/mol. The van der Waals surface area contributed by atoms with Crippen LogP contribution in [-0.2, 0) is 11.3 Å². The van der Waals surface area contributed by atoms with Gasteiger partial charge in [-0.25, -0.2) is 4.98 Å². The van der Waals surface area contributed by atoms with Crippen molar-refractivity contribution in [3.63, 3.8) is 0 Å². The van der Waals surface area contributed by atoms with E-state index in [0.717, 1.165) is 6.42 Å². The standard InChI is InChI=1S/C10H14N2O3S/c1-2-5-12-6-4-11-9(10(12)15)16-7-3-8(13)14/h4,6H,2-3,5,7H2,1H3,(H,13,14). The van der Waals surface area contributed by atoms with Crippen molar-refractivity contribution >= 4 is 17.7 Å². The molecule has 5 nitrogen and oxygen atoms in total. The van der Waals surface area contributed by atoms with E-state index in [0.29, 0.717) is 17.3 Å². The molecule has 0 aliphatic rings. The number of hydrogen-bond acceptors (Lipinski definition) is 4. The normalized spacial score (nSPS) is 10.3. The predicted octanol–water partition coefficient (Wildman–Crippen LogP) is 1.22. The number of rotatable bonds is 6. The van der Waals surface area contributed by atoms with Gasteiger partial charge in [-0.1, -0.05) is 6.92 Å². The summed E-state index contributed by atoms with van der Waals surface area (Å²) in [7, 11) is 0. The van der Waals surface area contributed by atoms with Crippen molar-refractivity contribution in [1.82, 2.24) is 9.55 Å². The summed E-state index contributed by atoms with van der Waals surface area (Å²) in [6, 6.07) is 0. The Bertz CT molecular complexity index is 417. The summed E-state index contributed by atoms with van der Waals surface area (Å²) >= 11 is 1.19. The maximum Gasteiger partial charge on any atom is 0.304 e. The van der Waals surface area contributed by atoms with E-state index in [1.54, 1.807) is 17.0 Å². The maximum atomic E-state index is 11.8. The van der Waals surface area contributed by atoms with Crippen LogP contribution in [0.1, 0.15) is 19.8 Å². The number of aromatic nitrogens is 2. The van der Waals surface area contributed by atoms with Gasteiger partial charge in [-0.15, -0.1) is 11.8 Å². The van der Waals surface area contributed by atoms with Crippen LogP contribution in [0.4, 0.5) is 0 Å². The molecular weight excluding hydrogens is 228 g/mol. The largest absolute Gasteiger partial charge is 0.481 e. The van der Waals surface area contributed by atoms with Crippen molar-refractivity contribution in [3.8, 4) is 0 Å². The van der Waals surface area contributed by atoms with Crippen LogP contribution >= 0.6 is 11.8 Å². The molecule has 1 rings (SSSR count). The Hall–Kier alpha value is -1.30. The second-order valence-electron chi connectivity index (χ2n) is 3.22. The van der Waals surface area contributed by atoms with Crippen LogP contribution in [0.3, 0.4) is 0 Å². The number of carboxylic acids is 1. The van der Waals surface area contributed by atoms with E-state index in [-0.39, 0.29) is 12.0 Å². The minimum Gasteiger partial charge on any atom is -0.481 e. The minimum absolute atomic E-state index is 0.0362. The summed E-state index contributed by atoms with van der Waals surface area (Å²) in [6.45, 7) is 2.65. The van der Waals surface area contributed by atoms with Gasteiger partial charge in [-0.3, -0.25) is 9.59 Å². The number of carboxylic acid groups (broad SMARTS) is 1. The van der Waals surface area contributed by atoms with Crippen LogP contribution in [-0.4, -0.2) is 26.4 Å². The number of hydrogen-bond donors (Lipinski definition) is 1. The Morgan fingerprint density at radius 2 is 2.38 bits per heavy atom. The molecule has 0 unspecified atom stereocenters. The molecule has 0 aliphatic carbocycles. The molecule has 0 atom stereocenters. The van der Waals surface area contributed by atoms with Gasteiger partial charge in [0.15, 0.2) is 5.03 Å². The van der Waals surface area contributed by atoms with Gasteiger partial charge in [0, 0.05) is 24.7 Å². The van der Waals surface area contributed by atoms with E-state index in [4.69, 9.17) is 5.11 Å². The summed E-state index contributed by atoms with van der Waals surface area (Å²) < 4.78 is 1.59. The van der Waals surface area contributed by atoms with E-state index >= 15 is 0 Å². The fourth-order valence-electron chi connectivity index (χ4n) is 1.18. The Balaban J connectivity index is 2.69. The van der Waals surface area contributed by atoms with Gasteiger partial charge in [0.25, 0.3) is 5.56 Å². The highest BCUT2D eigenvalue weighted by Gasteiger charge is 2.06. The molecule has 6 heteroatoms. The van der Waals surface area contributed by atoms with Crippen LogP contribution in [0.2, 0.25) is 0 Å². The van der Waals surface area contributed by atoms with Gasteiger partial charge in [0.1, 0.15) is 0 Å². The topological polar surface area (TPSA) is 72.2 Å². The monoisotopic (exact) mass is 242 g/mol. The molecule has 1 aromatic rings. The van der Waals surface area contributed by atoms with Crippen LogP contribution in [0.25, 0.3) is 0 Å². The molecule has 0 saturated carbocycles. The van der Waals surface area contributed by atoms with Crippen molar-refractivity contribution in [2.75, 3.05) is 5.75 Å². The fourth-order valence-corrected chi connectivity index (χ4v) is 2.02. The van der Waals surface area contributed by atoms with Gasteiger partial charge in [-0.05, 0) is 6.42 Å². The van der Waals surface area contributed by atoms with Gasteiger partial charge in [0.05, 0.1) is 6.42 Å². The van der Waals surface area contributed by atoms with Crippen LogP contribution in [0.5, 0.6) is 0 Å². The number of nitrogens with zero attached hydrogens (tertiary/aromatic N) is 2. The summed E-state index contributed by atoms with van der Waals surface area (Å²) in [5.41, 5.74) is -0.139. The molecular formula is C10H14N2O3S. The molecule has 0 aliphatic heterocycles. The third-order valence-electron chi connectivity index (χ3n) is 1.90. The lowest BCUT2D eigenvalue weighted by molar-refractivity contribution is -0.136. The number of aryl methyl sites for hydroxylation is 1. The average molecular weight is 242 g/mol. The molecule has 0 fully saturated rings. The zero-order chi connectivity index (χ0) is 12.0. The first-order valence-corrected chi connectivity index (χ1v) is 6.03. The summed E-state index contributed by atoms with van der Waals surface area (Å²) in [5.74, 6) is -0.495. The van der Waals surface area contributed by atoms with E-state index in [9.17, 15) is 9.59 Å². The third-order valence-corrected chi connectivity index (χ3v) is 2.86. The highest BCUT2D eigenvalue weighted by molar-refractivity contribution is 7.99. The first-order chi connectivity index (χ1) is 7.65. The van der Waals surface area contributed by atoms with E-state index in [1.165, 1.54) is 11.8 Å². The Labute approximate surface area is 97.5 Å². The maximum absolute atomic E-state index is 11.8. The summed E-state index contributed by atoms with van der Waals surface area (Å²) in [4.78, 5) is 26.0. The van der Waals surface area contributed by atoms with Gasteiger partial charge in [-0.2, -0.15) is 0 Å². The summed E-state index contributed by atoms with van der Waals surface area (Å²) in [5, 5.41) is 8.85. The van der Waals surface area contributed by atoms with Gasteiger partial charge >= 0.3 is 5.97 Å². The van der Waals surface area contributed by atoms with Crippen LogP contribution < -0.4 is 5.56 Å². The molecule has 0 saturated heterocycles. The zero-order valence-electron chi connectivity index (χ0n) is 9.05. The molecule has 16 heavy (non-hydrogen) atoms. The van der Waals surface area contributed by atoms with Gasteiger partial charge < -0.3 is 9.67 Å². The minimum atomic E-state index is -0.864. The molecule has 88 valence electrons. The van der Waals surface area contributed by atoms with E-state index in [2.05, 4.69) is 4.98 Å². The number of aliphatic carboxylic acids is 1. The zero-order valence-corrected chi connectivity index (χ0v) is 9.87. The first-order valence-electron chi connectivity index (χ1n) is 5.05. The van der Waals surface area contributed by atoms with Crippen molar-refractivity contribution < 1.29 is 9.90 Å². The first kappa shape index (κ1) is 12.8. The van der Waals surface area contributed by atoms with Crippen molar-refractivity contribution in [1.29, 1.82) is 0 Å². The molecule has 0 bridgehead atoms. The SMILES string of the molecule is CCCn1ccnc(SCCC(=O)O)c1=O. The van der Waals surface area contributed by atoms with Crippen molar-refractivity contribution in [2.45, 2.75) is 31.3 Å². The van der Waals surface area contributed by atoms with Crippen LogP contribution in [0.15, 0.2) is 22.2 Å². The Kier molecular flexibility index (Phi) is 5.04. The van der Waals surface area contributed by atoms with Crippen LogP contribution in [0, 0.1) is 0 Å². The highest BCUT2D eigenvalue weighted by Crippen LogP contribution is 2.10. The second-order valence-corrected chi connectivity index (χ2v) is 4.31. The lowest BCUT2D eigenvalue weighted by atomic mass is 10.5. The Morgan fingerprint density at radius 3 is 3.00 bits per heavy atom. The second kappa shape index (κ2) is 6.32. The molecule has 0 aromatic carbocycles. The van der Waals surface area contributed by atoms with E-state index < -0.39 is 5.97 Å². The molecule has 1 heterocycles. The molecule has 0 radical (unpaired) electrons. The molecule has 0 spiro atoms. The number of thioether (sulfide) groups is 1. The lowest BCUT2D eigenvalue weighted by Gasteiger charge is -2.04. The molecule has 1 N–H and O–H groups in total. The molecule has 1 aromatic heterocycles. The number of carbonyl (C=O) groups is 1. The summed E-state index contributed by atoms with van der Waals surface area (Å²) in [6.07, 6.45) is 4.13. The lowest BCUT2D eigenvalue weighted by Crippen LogP contribution is -2.22. The fraction of sp³-hybridized carbons (Fsp3) is 0.500. The quantitative estimate of drug-likeness (QED) is 0.759. The highest BCUT2D eigenvalue weighted by atomic mass is 32.2. The third kappa shape index (κ3) is 3.69. The average Bonchev–Trinajstić information content (AvgIpc) is 2.23. The van der Waals surface area contributed by atoms with Gasteiger partial charge in [0.2, 0.25) is 0 Å². The van der Waals surface area contributed by atoms with Crippen molar-refractivity contribution in [2.24, 2.45) is 0 Å².